The van der Waals surface area contributed by atoms with E-state index in [2.05, 4.69) is 5.10 Å². The van der Waals surface area contributed by atoms with Gasteiger partial charge in [-0.05, 0) is 36.8 Å². The van der Waals surface area contributed by atoms with Gasteiger partial charge < -0.3 is 9.47 Å². The quantitative estimate of drug-likeness (QED) is 0.855. The number of carbonyl (C=O) groups is 1. The van der Waals surface area contributed by atoms with E-state index in [4.69, 9.17) is 11.6 Å². The molecule has 0 atom stereocenters. The maximum absolute atomic E-state index is 12.8. The summed E-state index contributed by atoms with van der Waals surface area (Å²) >= 11 is 6.12. The summed E-state index contributed by atoms with van der Waals surface area (Å²) in [4.78, 5) is 26.6. The average Bonchev–Trinajstić information content (AvgIpc) is 3.09. The fraction of sp³-hybridized carbons (Fsp3) is 0.471. The van der Waals surface area contributed by atoms with Crippen molar-refractivity contribution in [2.75, 3.05) is 0 Å². The largest absolute Gasteiger partial charge is 0.328 e. The highest BCUT2D eigenvalue weighted by molar-refractivity contribution is 6.31. The number of halogens is 1. The van der Waals surface area contributed by atoms with Gasteiger partial charge in [-0.25, -0.2) is 0 Å². The molecule has 1 saturated carbocycles. The van der Waals surface area contributed by atoms with E-state index in [9.17, 15) is 9.59 Å². The fourth-order valence-corrected chi connectivity index (χ4v) is 3.53. The van der Waals surface area contributed by atoms with Gasteiger partial charge in [0, 0.05) is 32.0 Å². The van der Waals surface area contributed by atoms with Crippen molar-refractivity contribution in [3.8, 4) is 0 Å². The molecule has 24 heavy (non-hydrogen) atoms. The second kappa shape index (κ2) is 5.48. The Kier molecular flexibility index (Phi) is 3.53. The number of rotatable bonds is 3. The van der Waals surface area contributed by atoms with Crippen molar-refractivity contribution < 1.29 is 4.79 Å². The molecule has 6 nitrogen and oxygen atoms in total. The van der Waals surface area contributed by atoms with Gasteiger partial charge in [-0.3, -0.25) is 14.3 Å². The van der Waals surface area contributed by atoms with Crippen molar-refractivity contribution in [1.29, 1.82) is 0 Å². The van der Waals surface area contributed by atoms with Crippen LogP contribution in [0, 0.1) is 12.8 Å². The number of amides is 1. The summed E-state index contributed by atoms with van der Waals surface area (Å²) in [7, 11) is 1.70. The van der Waals surface area contributed by atoms with E-state index in [0.29, 0.717) is 24.6 Å². The van der Waals surface area contributed by atoms with Gasteiger partial charge in [0.2, 0.25) is 0 Å². The molecule has 0 saturated heterocycles. The molecule has 0 radical (unpaired) electrons. The van der Waals surface area contributed by atoms with Gasteiger partial charge in [-0.15, -0.1) is 0 Å². The van der Waals surface area contributed by atoms with Crippen LogP contribution >= 0.6 is 11.6 Å². The molecule has 7 heteroatoms. The molecule has 2 aromatic heterocycles. The predicted octanol–water partition coefficient (Wildman–Crippen LogP) is 2.11. The van der Waals surface area contributed by atoms with Gasteiger partial charge >= 0.3 is 0 Å². The average molecular weight is 347 g/mol. The van der Waals surface area contributed by atoms with Crippen LogP contribution in [0.25, 0.3) is 0 Å². The highest BCUT2D eigenvalue weighted by Gasteiger charge is 2.30. The second-order valence-corrected chi connectivity index (χ2v) is 7.16. The van der Waals surface area contributed by atoms with Crippen molar-refractivity contribution in [3.63, 3.8) is 0 Å². The van der Waals surface area contributed by atoms with Crippen molar-refractivity contribution in [2.45, 2.75) is 39.4 Å². The van der Waals surface area contributed by atoms with Gasteiger partial charge in [0.05, 0.1) is 18.3 Å². The number of pyridine rings is 1. The van der Waals surface area contributed by atoms with Gasteiger partial charge in [0.25, 0.3) is 11.5 Å². The molecule has 3 heterocycles. The number of nitrogens with zero attached hydrogens (tertiary/aromatic N) is 4. The van der Waals surface area contributed by atoms with Crippen molar-refractivity contribution in [1.82, 2.24) is 19.2 Å². The van der Waals surface area contributed by atoms with Crippen molar-refractivity contribution in [2.24, 2.45) is 13.0 Å². The van der Waals surface area contributed by atoms with Gasteiger partial charge in [-0.2, -0.15) is 5.10 Å². The van der Waals surface area contributed by atoms with E-state index in [1.807, 2.05) is 17.8 Å². The molecule has 1 aliphatic heterocycles. The Hall–Kier alpha value is -2.08. The molecule has 0 spiro atoms. The smallest absolute Gasteiger partial charge is 0.269 e. The third-order valence-electron chi connectivity index (χ3n) is 5.03. The first kappa shape index (κ1) is 15.4. The van der Waals surface area contributed by atoms with Crippen LogP contribution in [0.1, 0.15) is 40.0 Å². The normalized spacial score (nSPS) is 16.5. The molecule has 4 rings (SSSR count). The maximum atomic E-state index is 12.8. The summed E-state index contributed by atoms with van der Waals surface area (Å²) in [6.45, 7) is 3.62. The number of carbonyl (C=O) groups excluding carboxylic acids is 1. The molecular weight excluding hydrogens is 328 g/mol. The van der Waals surface area contributed by atoms with Crippen LogP contribution in [0.4, 0.5) is 0 Å². The standard InChI is InChI=1S/C17H19ClN4O2/c1-10-13-8-21(9-14(13)20(2)17(24)15(10)18)16(23)12-5-19-22(7-12)6-11-3-4-11/h5,7,11H,3-4,6,8-9H2,1-2H3. The van der Waals surface area contributed by atoms with Crippen LogP contribution in [0.3, 0.4) is 0 Å². The molecule has 126 valence electrons. The Morgan fingerprint density at radius 1 is 1.38 bits per heavy atom. The Morgan fingerprint density at radius 3 is 2.83 bits per heavy atom. The molecule has 1 fully saturated rings. The molecule has 2 aromatic rings. The lowest BCUT2D eigenvalue weighted by Gasteiger charge is -2.14. The molecule has 0 unspecified atom stereocenters. The summed E-state index contributed by atoms with van der Waals surface area (Å²) in [6.07, 6.45) is 5.95. The molecule has 0 N–H and O–H groups in total. The van der Waals surface area contributed by atoms with Crippen LogP contribution in [0.2, 0.25) is 5.02 Å². The number of hydrogen-bond acceptors (Lipinski definition) is 3. The summed E-state index contributed by atoms with van der Waals surface area (Å²) < 4.78 is 3.40. The lowest BCUT2D eigenvalue weighted by molar-refractivity contribution is 0.0749. The molecule has 0 bridgehead atoms. The summed E-state index contributed by atoms with van der Waals surface area (Å²) in [5, 5.41) is 4.53. The second-order valence-electron chi connectivity index (χ2n) is 6.78. The van der Waals surface area contributed by atoms with Crippen LogP contribution in [0.15, 0.2) is 17.2 Å². The predicted molar refractivity (Wildman–Crippen MR) is 90.0 cm³/mol. The lowest BCUT2D eigenvalue weighted by atomic mass is 10.1. The summed E-state index contributed by atoms with van der Waals surface area (Å²) in [5.74, 6) is 0.652. The summed E-state index contributed by atoms with van der Waals surface area (Å²) in [5.41, 5.74) is 2.99. The maximum Gasteiger partial charge on any atom is 0.269 e. The van der Waals surface area contributed by atoms with E-state index >= 15 is 0 Å². The molecule has 0 aromatic carbocycles. The highest BCUT2D eigenvalue weighted by atomic mass is 35.5. The third-order valence-corrected chi connectivity index (χ3v) is 5.47. The Labute approximate surface area is 144 Å². The summed E-state index contributed by atoms with van der Waals surface area (Å²) in [6, 6.07) is 0. The van der Waals surface area contributed by atoms with E-state index in [1.165, 1.54) is 12.8 Å². The lowest BCUT2D eigenvalue weighted by Crippen LogP contribution is -2.26. The van der Waals surface area contributed by atoms with Gasteiger partial charge in [0.1, 0.15) is 5.02 Å². The van der Waals surface area contributed by atoms with E-state index < -0.39 is 0 Å². The van der Waals surface area contributed by atoms with Crippen LogP contribution in [0.5, 0.6) is 0 Å². The Balaban J connectivity index is 1.59. The van der Waals surface area contributed by atoms with Gasteiger partial charge in [-0.1, -0.05) is 11.6 Å². The van der Waals surface area contributed by atoms with Gasteiger partial charge in [0.15, 0.2) is 0 Å². The zero-order valence-corrected chi connectivity index (χ0v) is 14.5. The van der Waals surface area contributed by atoms with Crippen LogP contribution in [-0.4, -0.2) is 25.2 Å². The van der Waals surface area contributed by atoms with Crippen molar-refractivity contribution in [3.05, 3.63) is 50.2 Å². The molecule has 2 aliphatic rings. The Morgan fingerprint density at radius 2 is 2.12 bits per heavy atom. The zero-order chi connectivity index (χ0) is 17.0. The first-order valence-electron chi connectivity index (χ1n) is 8.14. The molecular formula is C17H19ClN4O2. The zero-order valence-electron chi connectivity index (χ0n) is 13.8. The van der Waals surface area contributed by atoms with E-state index in [0.717, 1.165) is 23.4 Å². The Bertz CT molecular complexity index is 895. The minimum Gasteiger partial charge on any atom is -0.328 e. The third kappa shape index (κ3) is 2.45. The van der Waals surface area contributed by atoms with Crippen LogP contribution < -0.4 is 5.56 Å². The number of fused-ring (bicyclic) bond motifs is 1. The first-order chi connectivity index (χ1) is 11.5. The number of hydrogen-bond donors (Lipinski definition) is 0. The SMILES string of the molecule is Cc1c2c(n(C)c(=O)c1Cl)CN(C(=O)c1cnn(CC3CC3)c1)C2. The topological polar surface area (TPSA) is 60.1 Å². The molecule has 1 aliphatic carbocycles. The first-order valence-corrected chi connectivity index (χ1v) is 8.52. The minimum absolute atomic E-state index is 0.0591. The number of aromatic nitrogens is 3. The molecule has 1 amide bonds. The highest BCUT2D eigenvalue weighted by Crippen LogP contribution is 2.31. The fourth-order valence-electron chi connectivity index (χ4n) is 3.29. The minimum atomic E-state index is -0.209. The van der Waals surface area contributed by atoms with E-state index in [1.54, 1.807) is 22.7 Å². The monoisotopic (exact) mass is 346 g/mol. The van der Waals surface area contributed by atoms with Crippen molar-refractivity contribution >= 4 is 17.5 Å². The van der Waals surface area contributed by atoms with E-state index in [-0.39, 0.29) is 16.5 Å². The van der Waals surface area contributed by atoms with Crippen LogP contribution in [-0.2, 0) is 26.7 Å².